The summed E-state index contributed by atoms with van der Waals surface area (Å²) in [5.41, 5.74) is 3.35. The van der Waals surface area contributed by atoms with Crippen LogP contribution < -0.4 is 0 Å². The molecule has 0 aromatic heterocycles. The van der Waals surface area contributed by atoms with Gasteiger partial charge in [-0.05, 0) is 38.0 Å². The molecule has 0 amide bonds. The van der Waals surface area contributed by atoms with E-state index in [0.29, 0.717) is 6.54 Å². The van der Waals surface area contributed by atoms with Crippen molar-refractivity contribution in [2.24, 2.45) is 0 Å². The standard InChI is InChI=1S/C17H21NO3S/c1-14-7-9-17(10-8-14)22(19,20)21-18(3)12-11-16-6-4-5-15(2)13-16/h4-10,13H,11-12H2,1-3H3. The van der Waals surface area contributed by atoms with E-state index < -0.39 is 10.1 Å². The molecular weight excluding hydrogens is 298 g/mol. The highest BCUT2D eigenvalue weighted by atomic mass is 32.2. The molecule has 22 heavy (non-hydrogen) atoms. The molecule has 0 aliphatic heterocycles. The third kappa shape index (κ3) is 4.66. The van der Waals surface area contributed by atoms with Crippen molar-refractivity contribution in [3.63, 3.8) is 0 Å². The number of hydrogen-bond donors (Lipinski definition) is 0. The first-order valence-electron chi connectivity index (χ1n) is 7.15. The summed E-state index contributed by atoms with van der Waals surface area (Å²) in [5, 5.41) is 1.36. The van der Waals surface area contributed by atoms with E-state index in [0.717, 1.165) is 17.5 Å². The largest absolute Gasteiger partial charge is 0.313 e. The molecule has 0 aliphatic rings. The second-order valence-electron chi connectivity index (χ2n) is 5.43. The van der Waals surface area contributed by atoms with Crippen LogP contribution in [0.5, 0.6) is 0 Å². The predicted molar refractivity (Wildman–Crippen MR) is 87.0 cm³/mol. The molecule has 0 spiro atoms. The summed E-state index contributed by atoms with van der Waals surface area (Å²) in [6.07, 6.45) is 0.724. The number of hydrogen-bond acceptors (Lipinski definition) is 4. The minimum absolute atomic E-state index is 0.167. The van der Waals surface area contributed by atoms with Crippen LogP contribution in [0.3, 0.4) is 0 Å². The van der Waals surface area contributed by atoms with E-state index in [-0.39, 0.29) is 4.90 Å². The van der Waals surface area contributed by atoms with Gasteiger partial charge in [0.1, 0.15) is 0 Å². The van der Waals surface area contributed by atoms with Crippen molar-refractivity contribution >= 4 is 10.1 Å². The normalized spacial score (nSPS) is 11.8. The Morgan fingerprint density at radius 1 is 1.00 bits per heavy atom. The van der Waals surface area contributed by atoms with Gasteiger partial charge in [-0.15, -0.1) is 0 Å². The van der Waals surface area contributed by atoms with Crippen LogP contribution >= 0.6 is 0 Å². The van der Waals surface area contributed by atoms with Gasteiger partial charge in [0.15, 0.2) is 0 Å². The number of rotatable bonds is 6. The van der Waals surface area contributed by atoms with E-state index in [2.05, 4.69) is 6.07 Å². The highest BCUT2D eigenvalue weighted by Gasteiger charge is 2.18. The van der Waals surface area contributed by atoms with Crippen LogP contribution in [0.2, 0.25) is 0 Å². The van der Waals surface area contributed by atoms with Crippen molar-refractivity contribution in [3.8, 4) is 0 Å². The second kappa shape index (κ2) is 7.05. The van der Waals surface area contributed by atoms with Crippen LogP contribution in [-0.2, 0) is 20.8 Å². The number of benzene rings is 2. The number of aryl methyl sites for hydroxylation is 2. The Kier molecular flexibility index (Phi) is 5.34. The topological polar surface area (TPSA) is 46.6 Å². The predicted octanol–water partition coefficient (Wildman–Crippen LogP) is 3.10. The zero-order valence-corrected chi connectivity index (χ0v) is 13.9. The Balaban J connectivity index is 1.96. The Hall–Kier alpha value is -1.69. The van der Waals surface area contributed by atoms with Crippen molar-refractivity contribution in [2.75, 3.05) is 13.6 Å². The molecule has 0 saturated carbocycles. The molecule has 0 unspecified atom stereocenters. The van der Waals surface area contributed by atoms with E-state index in [1.165, 1.54) is 10.6 Å². The number of hydroxylamine groups is 2. The van der Waals surface area contributed by atoms with E-state index in [1.807, 2.05) is 32.0 Å². The smallest absolute Gasteiger partial charge is 0.192 e. The van der Waals surface area contributed by atoms with Gasteiger partial charge in [-0.3, -0.25) is 0 Å². The second-order valence-corrected chi connectivity index (χ2v) is 6.96. The minimum Gasteiger partial charge on any atom is -0.192 e. The van der Waals surface area contributed by atoms with Gasteiger partial charge in [0.2, 0.25) is 0 Å². The third-order valence-electron chi connectivity index (χ3n) is 3.33. The van der Waals surface area contributed by atoms with Crippen molar-refractivity contribution in [2.45, 2.75) is 25.2 Å². The molecular formula is C17H21NO3S. The Bertz CT molecular complexity index is 724. The van der Waals surface area contributed by atoms with Gasteiger partial charge < -0.3 is 0 Å². The third-order valence-corrected chi connectivity index (χ3v) is 4.63. The van der Waals surface area contributed by atoms with E-state index >= 15 is 0 Å². The van der Waals surface area contributed by atoms with Crippen LogP contribution in [0, 0.1) is 13.8 Å². The fourth-order valence-corrected chi connectivity index (χ4v) is 3.07. The fraction of sp³-hybridized carbons (Fsp3) is 0.294. The summed E-state index contributed by atoms with van der Waals surface area (Å²) in [6, 6.07) is 14.8. The molecule has 4 nitrogen and oxygen atoms in total. The van der Waals surface area contributed by atoms with E-state index in [4.69, 9.17) is 4.28 Å². The van der Waals surface area contributed by atoms with Gasteiger partial charge in [0.05, 0.1) is 4.90 Å². The summed E-state index contributed by atoms with van der Waals surface area (Å²) in [4.78, 5) is 0.167. The summed E-state index contributed by atoms with van der Waals surface area (Å²) < 4.78 is 29.4. The number of likely N-dealkylation sites (N-methyl/N-ethyl adjacent to an activating group) is 1. The minimum atomic E-state index is -3.76. The highest BCUT2D eigenvalue weighted by Crippen LogP contribution is 2.14. The first kappa shape index (κ1) is 16.7. The monoisotopic (exact) mass is 319 g/mol. The number of nitrogens with zero attached hydrogens (tertiary/aromatic N) is 1. The lowest BCUT2D eigenvalue weighted by molar-refractivity contribution is -0.0227. The molecule has 2 rings (SSSR count). The fourth-order valence-electron chi connectivity index (χ4n) is 2.11. The maximum absolute atomic E-state index is 12.2. The summed E-state index contributed by atoms with van der Waals surface area (Å²) in [7, 11) is -2.14. The molecule has 5 heteroatoms. The molecule has 118 valence electrons. The Morgan fingerprint density at radius 3 is 2.32 bits per heavy atom. The van der Waals surface area contributed by atoms with Crippen LogP contribution in [-0.4, -0.2) is 27.1 Å². The van der Waals surface area contributed by atoms with E-state index in [1.54, 1.807) is 31.3 Å². The van der Waals surface area contributed by atoms with Gasteiger partial charge >= 0.3 is 10.1 Å². The zero-order valence-electron chi connectivity index (χ0n) is 13.1. The van der Waals surface area contributed by atoms with Gasteiger partial charge in [0.25, 0.3) is 0 Å². The summed E-state index contributed by atoms with van der Waals surface area (Å²) >= 11 is 0. The van der Waals surface area contributed by atoms with Crippen LogP contribution in [0.25, 0.3) is 0 Å². The zero-order chi connectivity index (χ0) is 16.2. The first-order chi connectivity index (χ1) is 10.4. The van der Waals surface area contributed by atoms with Gasteiger partial charge in [0, 0.05) is 13.6 Å². The average molecular weight is 319 g/mol. The van der Waals surface area contributed by atoms with E-state index in [9.17, 15) is 8.42 Å². The van der Waals surface area contributed by atoms with Crippen LogP contribution in [0.4, 0.5) is 0 Å². The molecule has 0 aliphatic carbocycles. The van der Waals surface area contributed by atoms with Crippen LogP contribution in [0.15, 0.2) is 53.4 Å². The van der Waals surface area contributed by atoms with Crippen molar-refractivity contribution in [3.05, 3.63) is 65.2 Å². The molecule has 0 heterocycles. The molecule has 2 aromatic carbocycles. The molecule has 0 bridgehead atoms. The SMILES string of the molecule is Cc1ccc(S(=O)(=O)ON(C)CCc2cccc(C)c2)cc1. The maximum Gasteiger partial charge on any atom is 0.313 e. The van der Waals surface area contributed by atoms with Gasteiger partial charge in [-0.1, -0.05) is 47.5 Å². The lowest BCUT2D eigenvalue weighted by atomic mass is 10.1. The molecule has 0 atom stereocenters. The van der Waals surface area contributed by atoms with Crippen LogP contribution in [0.1, 0.15) is 16.7 Å². The average Bonchev–Trinajstić information content (AvgIpc) is 2.45. The quantitative estimate of drug-likeness (QED) is 0.768. The Morgan fingerprint density at radius 2 is 1.68 bits per heavy atom. The van der Waals surface area contributed by atoms with Crippen molar-refractivity contribution in [1.82, 2.24) is 5.06 Å². The first-order valence-corrected chi connectivity index (χ1v) is 8.55. The Labute approximate surface area is 132 Å². The maximum atomic E-state index is 12.2. The van der Waals surface area contributed by atoms with Gasteiger partial charge in [-0.25, -0.2) is 0 Å². The summed E-state index contributed by atoms with van der Waals surface area (Å²) in [6.45, 7) is 4.44. The molecule has 0 N–H and O–H groups in total. The molecule has 0 fully saturated rings. The van der Waals surface area contributed by atoms with Crippen molar-refractivity contribution in [1.29, 1.82) is 0 Å². The summed E-state index contributed by atoms with van der Waals surface area (Å²) in [5.74, 6) is 0. The lowest BCUT2D eigenvalue weighted by Gasteiger charge is -2.16. The van der Waals surface area contributed by atoms with Gasteiger partial charge in [-0.2, -0.15) is 17.8 Å². The molecule has 0 saturated heterocycles. The van der Waals surface area contributed by atoms with Crippen molar-refractivity contribution < 1.29 is 12.7 Å². The molecule has 0 radical (unpaired) electrons. The lowest BCUT2D eigenvalue weighted by Crippen LogP contribution is -2.25. The highest BCUT2D eigenvalue weighted by molar-refractivity contribution is 7.86. The molecule has 2 aromatic rings.